The second-order valence-electron chi connectivity index (χ2n) is 3.79. The van der Waals surface area contributed by atoms with Crippen LogP contribution in [0.1, 0.15) is 5.76 Å². The molecule has 0 amide bonds. The van der Waals surface area contributed by atoms with Crippen LogP contribution in [0.4, 0.5) is 5.69 Å². The van der Waals surface area contributed by atoms with Gasteiger partial charge in [-0.2, -0.15) is 0 Å². The number of hydrogen-bond donors (Lipinski definition) is 1. The fourth-order valence-electron chi connectivity index (χ4n) is 1.56. The van der Waals surface area contributed by atoms with E-state index >= 15 is 0 Å². The van der Waals surface area contributed by atoms with Gasteiger partial charge < -0.3 is 9.52 Å². The van der Waals surface area contributed by atoms with Gasteiger partial charge in [0.15, 0.2) is 0 Å². The molecular weight excluding hydrogens is 330 g/mol. The molecule has 20 heavy (non-hydrogen) atoms. The fourth-order valence-corrected chi connectivity index (χ4v) is 2.12. The number of non-ortho nitro benzene ring substituents is 1. The van der Waals surface area contributed by atoms with E-state index in [0.717, 1.165) is 6.08 Å². The van der Waals surface area contributed by atoms with Gasteiger partial charge >= 0.3 is 5.97 Å². The van der Waals surface area contributed by atoms with Crippen molar-refractivity contribution < 1.29 is 19.2 Å². The normalized spacial score (nSPS) is 10.8. The van der Waals surface area contributed by atoms with Gasteiger partial charge in [0.2, 0.25) is 0 Å². The number of halogens is 1. The molecule has 0 radical (unpaired) electrons. The molecule has 0 atom stereocenters. The molecule has 1 N–H and O–H groups in total. The zero-order chi connectivity index (χ0) is 14.7. The highest BCUT2D eigenvalue weighted by atomic mass is 79.9. The molecule has 0 saturated heterocycles. The van der Waals surface area contributed by atoms with Crippen molar-refractivity contribution in [2.75, 3.05) is 0 Å². The SMILES string of the molecule is O=C(O)/C=C/c1ccc(-c2ccc([N+](=O)[O-])cc2Br)o1. The molecule has 7 heteroatoms. The van der Waals surface area contributed by atoms with Crippen molar-refractivity contribution in [3.8, 4) is 11.3 Å². The van der Waals surface area contributed by atoms with Gasteiger partial charge in [-0.05, 0) is 40.2 Å². The predicted molar refractivity (Wildman–Crippen MR) is 75.2 cm³/mol. The molecule has 0 aliphatic rings. The molecular formula is C13H8BrNO5. The Kier molecular flexibility index (Phi) is 3.99. The summed E-state index contributed by atoms with van der Waals surface area (Å²) in [6, 6.07) is 7.59. The number of aliphatic carboxylic acids is 1. The van der Waals surface area contributed by atoms with Crippen LogP contribution in [0.15, 0.2) is 45.3 Å². The van der Waals surface area contributed by atoms with Crippen molar-refractivity contribution in [3.63, 3.8) is 0 Å². The Balaban J connectivity index is 2.33. The summed E-state index contributed by atoms with van der Waals surface area (Å²) in [4.78, 5) is 20.6. The quantitative estimate of drug-likeness (QED) is 0.521. The predicted octanol–water partition coefficient (Wildman–Crippen LogP) is 3.72. The Morgan fingerprint density at radius 2 is 2.10 bits per heavy atom. The lowest BCUT2D eigenvalue weighted by molar-refractivity contribution is -0.384. The first-order chi connectivity index (χ1) is 9.47. The van der Waals surface area contributed by atoms with Crippen LogP contribution in [0.5, 0.6) is 0 Å². The van der Waals surface area contributed by atoms with Gasteiger partial charge in [0.1, 0.15) is 11.5 Å². The molecule has 1 aromatic carbocycles. The summed E-state index contributed by atoms with van der Waals surface area (Å²) in [6.45, 7) is 0. The number of carbonyl (C=O) groups is 1. The molecule has 0 aliphatic carbocycles. The average Bonchev–Trinajstić information content (AvgIpc) is 2.84. The first-order valence-corrected chi connectivity index (χ1v) is 6.22. The molecule has 2 rings (SSSR count). The third-order valence-electron chi connectivity index (χ3n) is 2.45. The van der Waals surface area contributed by atoms with Crippen LogP contribution in [0.25, 0.3) is 17.4 Å². The van der Waals surface area contributed by atoms with Crippen LogP contribution in [0, 0.1) is 10.1 Å². The average molecular weight is 338 g/mol. The lowest BCUT2D eigenvalue weighted by Crippen LogP contribution is -1.88. The molecule has 0 saturated carbocycles. The van der Waals surface area contributed by atoms with E-state index in [1.165, 1.54) is 18.2 Å². The number of hydrogen-bond acceptors (Lipinski definition) is 4. The van der Waals surface area contributed by atoms with Crippen LogP contribution in [0.2, 0.25) is 0 Å². The van der Waals surface area contributed by atoms with Gasteiger partial charge in [-0.3, -0.25) is 10.1 Å². The number of furan rings is 1. The number of benzene rings is 1. The van der Waals surface area contributed by atoms with Crippen molar-refractivity contribution in [3.05, 3.63) is 56.8 Å². The molecule has 0 fully saturated rings. The Bertz CT molecular complexity index is 705. The zero-order valence-electron chi connectivity index (χ0n) is 9.95. The second-order valence-corrected chi connectivity index (χ2v) is 4.65. The van der Waals surface area contributed by atoms with Crippen LogP contribution in [0.3, 0.4) is 0 Å². The summed E-state index contributed by atoms with van der Waals surface area (Å²) in [5.74, 6) is -0.205. The van der Waals surface area contributed by atoms with Gasteiger partial charge in [0.05, 0.1) is 4.92 Å². The topological polar surface area (TPSA) is 93.6 Å². The first-order valence-electron chi connectivity index (χ1n) is 5.42. The number of nitro groups is 1. The van der Waals surface area contributed by atoms with Gasteiger partial charge in [-0.1, -0.05) is 0 Å². The molecule has 2 aromatic rings. The summed E-state index contributed by atoms with van der Waals surface area (Å²) in [5.41, 5.74) is 0.615. The molecule has 0 spiro atoms. The summed E-state index contributed by atoms with van der Waals surface area (Å²) in [5, 5.41) is 19.2. The molecule has 102 valence electrons. The van der Waals surface area contributed by atoms with Gasteiger partial charge in [0.25, 0.3) is 5.69 Å². The molecule has 0 aliphatic heterocycles. The minimum Gasteiger partial charge on any atom is -0.478 e. The Hall–Kier alpha value is -2.41. The van der Waals surface area contributed by atoms with E-state index in [0.29, 0.717) is 21.6 Å². The standard InChI is InChI=1S/C13H8BrNO5/c14-11-7-8(15(18)19)1-4-10(11)12-5-2-9(20-12)3-6-13(16)17/h1-7H,(H,16,17)/b6-3+. The van der Waals surface area contributed by atoms with Gasteiger partial charge in [-0.15, -0.1) is 0 Å². The van der Waals surface area contributed by atoms with Crippen LogP contribution in [-0.4, -0.2) is 16.0 Å². The lowest BCUT2D eigenvalue weighted by Gasteiger charge is -2.00. The maximum absolute atomic E-state index is 10.7. The molecule has 6 nitrogen and oxygen atoms in total. The van der Waals surface area contributed by atoms with E-state index < -0.39 is 10.9 Å². The summed E-state index contributed by atoms with van der Waals surface area (Å²) in [7, 11) is 0. The Labute approximate surface area is 121 Å². The summed E-state index contributed by atoms with van der Waals surface area (Å²) >= 11 is 3.25. The minimum absolute atomic E-state index is 0.0295. The number of carboxylic acids is 1. The zero-order valence-corrected chi connectivity index (χ0v) is 11.5. The molecule has 1 aromatic heterocycles. The molecule has 0 unspecified atom stereocenters. The smallest absolute Gasteiger partial charge is 0.328 e. The van der Waals surface area contributed by atoms with Gasteiger partial charge in [0, 0.05) is 28.2 Å². The van der Waals surface area contributed by atoms with E-state index in [4.69, 9.17) is 9.52 Å². The fraction of sp³-hybridized carbons (Fsp3) is 0. The lowest BCUT2D eigenvalue weighted by atomic mass is 10.1. The monoisotopic (exact) mass is 337 g/mol. The maximum atomic E-state index is 10.7. The Morgan fingerprint density at radius 3 is 2.70 bits per heavy atom. The van der Waals surface area contributed by atoms with E-state index in [-0.39, 0.29) is 5.69 Å². The van der Waals surface area contributed by atoms with Crippen molar-refractivity contribution in [2.45, 2.75) is 0 Å². The van der Waals surface area contributed by atoms with E-state index in [9.17, 15) is 14.9 Å². The van der Waals surface area contributed by atoms with Gasteiger partial charge in [-0.25, -0.2) is 4.79 Å². The number of nitro benzene ring substituents is 1. The third kappa shape index (κ3) is 3.12. The van der Waals surface area contributed by atoms with E-state index in [1.54, 1.807) is 18.2 Å². The Morgan fingerprint density at radius 1 is 1.35 bits per heavy atom. The maximum Gasteiger partial charge on any atom is 0.328 e. The van der Waals surface area contributed by atoms with E-state index in [2.05, 4.69) is 15.9 Å². The largest absolute Gasteiger partial charge is 0.478 e. The summed E-state index contributed by atoms with van der Waals surface area (Å²) < 4.78 is 5.97. The highest BCUT2D eigenvalue weighted by Crippen LogP contribution is 2.32. The molecule has 0 bridgehead atoms. The van der Waals surface area contributed by atoms with Crippen LogP contribution >= 0.6 is 15.9 Å². The first kappa shape index (κ1) is 14.0. The van der Waals surface area contributed by atoms with Crippen LogP contribution < -0.4 is 0 Å². The van der Waals surface area contributed by atoms with Crippen molar-refractivity contribution in [1.29, 1.82) is 0 Å². The van der Waals surface area contributed by atoms with Crippen LogP contribution in [-0.2, 0) is 4.79 Å². The second kappa shape index (κ2) is 5.70. The third-order valence-corrected chi connectivity index (χ3v) is 3.10. The summed E-state index contributed by atoms with van der Waals surface area (Å²) in [6.07, 6.45) is 2.29. The molecule has 1 heterocycles. The minimum atomic E-state index is -1.07. The number of nitrogens with zero attached hydrogens (tertiary/aromatic N) is 1. The number of carboxylic acid groups (broad SMARTS) is 1. The highest BCUT2D eigenvalue weighted by Gasteiger charge is 2.12. The van der Waals surface area contributed by atoms with Crippen molar-refractivity contribution >= 4 is 33.7 Å². The van der Waals surface area contributed by atoms with Crippen molar-refractivity contribution in [2.24, 2.45) is 0 Å². The highest BCUT2D eigenvalue weighted by molar-refractivity contribution is 9.10. The van der Waals surface area contributed by atoms with E-state index in [1.807, 2.05) is 0 Å². The van der Waals surface area contributed by atoms with Crippen molar-refractivity contribution in [1.82, 2.24) is 0 Å². The number of rotatable bonds is 4.